The number of unbranched alkanes of at least 4 members (excludes halogenated alkanes) is 1. The first kappa shape index (κ1) is 15.8. The summed E-state index contributed by atoms with van der Waals surface area (Å²) in [6.07, 6.45) is 1.74. The van der Waals surface area contributed by atoms with Gasteiger partial charge in [0, 0.05) is 0 Å². The van der Waals surface area contributed by atoms with Gasteiger partial charge >= 0.3 is 5.97 Å². The van der Waals surface area contributed by atoms with Crippen LogP contribution >= 0.6 is 0 Å². The Morgan fingerprint density at radius 3 is 2.45 bits per heavy atom. The second-order valence-corrected chi connectivity index (χ2v) is 4.33. The number of nitrogens with zero attached hydrogens (tertiary/aromatic N) is 1. The van der Waals surface area contributed by atoms with E-state index in [0.29, 0.717) is 12.2 Å². The molecule has 0 amide bonds. The molecular weight excluding hydrogens is 254 g/mol. The molecule has 0 aromatic heterocycles. The summed E-state index contributed by atoms with van der Waals surface area (Å²) in [6, 6.07) is 9.13. The topological polar surface area (TPSA) is 59.3 Å². The number of carbonyl (C=O) groups excluding carboxylic acids is 1. The van der Waals surface area contributed by atoms with Crippen molar-refractivity contribution in [3.05, 3.63) is 35.4 Å². The van der Waals surface area contributed by atoms with Crippen LogP contribution in [0.4, 0.5) is 0 Å². The van der Waals surface area contributed by atoms with Gasteiger partial charge in [-0.25, -0.2) is 4.79 Å². The van der Waals surface area contributed by atoms with Crippen LogP contribution in [0.15, 0.2) is 29.8 Å². The fourth-order valence-corrected chi connectivity index (χ4v) is 1.65. The summed E-state index contributed by atoms with van der Waals surface area (Å²) < 4.78 is 10.2. The molecule has 4 nitrogen and oxygen atoms in total. The number of rotatable bonds is 6. The van der Waals surface area contributed by atoms with Crippen molar-refractivity contribution in [3.8, 4) is 11.8 Å². The Labute approximate surface area is 119 Å². The second kappa shape index (κ2) is 8.00. The van der Waals surface area contributed by atoms with Crippen molar-refractivity contribution in [3.63, 3.8) is 0 Å². The first-order valence-electron chi connectivity index (χ1n) is 6.56. The lowest BCUT2D eigenvalue weighted by molar-refractivity contribution is -0.138. The normalized spacial score (nSPS) is 11.3. The smallest absolute Gasteiger partial charge is 0.349 e. The van der Waals surface area contributed by atoms with E-state index in [1.165, 1.54) is 0 Å². The maximum atomic E-state index is 11.9. The van der Waals surface area contributed by atoms with Crippen LogP contribution in [0, 0.1) is 11.3 Å². The van der Waals surface area contributed by atoms with E-state index in [-0.39, 0.29) is 5.57 Å². The number of esters is 1. The minimum absolute atomic E-state index is 0.0475. The highest BCUT2D eigenvalue weighted by molar-refractivity contribution is 6.01. The van der Waals surface area contributed by atoms with Gasteiger partial charge in [0.1, 0.15) is 17.4 Å². The van der Waals surface area contributed by atoms with Gasteiger partial charge in [0.25, 0.3) is 0 Å². The molecule has 0 N–H and O–H groups in total. The Morgan fingerprint density at radius 1 is 1.30 bits per heavy atom. The van der Waals surface area contributed by atoms with Crippen molar-refractivity contribution < 1.29 is 14.3 Å². The van der Waals surface area contributed by atoms with Crippen LogP contribution in [0.5, 0.6) is 5.75 Å². The van der Waals surface area contributed by atoms with E-state index in [0.717, 1.165) is 24.2 Å². The Hall–Kier alpha value is -2.28. The molecule has 20 heavy (non-hydrogen) atoms. The maximum Gasteiger partial charge on any atom is 0.349 e. The predicted molar refractivity (Wildman–Crippen MR) is 77.1 cm³/mol. The summed E-state index contributed by atoms with van der Waals surface area (Å²) in [5, 5.41) is 9.15. The number of benzene rings is 1. The average Bonchev–Trinajstić information content (AvgIpc) is 2.48. The molecule has 0 heterocycles. The Bertz CT molecular complexity index is 524. The van der Waals surface area contributed by atoms with Crippen molar-refractivity contribution in [1.82, 2.24) is 0 Å². The van der Waals surface area contributed by atoms with E-state index < -0.39 is 5.97 Å². The summed E-state index contributed by atoms with van der Waals surface area (Å²) in [5.74, 6) is 0.167. The molecule has 1 rings (SSSR count). The molecule has 0 fully saturated rings. The van der Waals surface area contributed by atoms with Crippen LogP contribution < -0.4 is 4.74 Å². The lowest BCUT2D eigenvalue weighted by atomic mass is 10.0. The van der Waals surface area contributed by atoms with Gasteiger partial charge in [-0.15, -0.1) is 0 Å². The number of hydrogen-bond acceptors (Lipinski definition) is 4. The van der Waals surface area contributed by atoms with Gasteiger partial charge in [0.2, 0.25) is 0 Å². The fraction of sp³-hybridized carbons (Fsp3) is 0.375. The molecule has 1 aromatic rings. The fourth-order valence-electron chi connectivity index (χ4n) is 1.65. The van der Waals surface area contributed by atoms with Crippen molar-refractivity contribution >= 4 is 11.5 Å². The molecule has 0 saturated heterocycles. The zero-order valence-electron chi connectivity index (χ0n) is 12.1. The highest BCUT2D eigenvalue weighted by Crippen LogP contribution is 2.21. The van der Waals surface area contributed by atoms with E-state index in [1.807, 2.05) is 25.1 Å². The van der Waals surface area contributed by atoms with E-state index in [4.69, 9.17) is 14.7 Å². The Balaban J connectivity index is 2.93. The van der Waals surface area contributed by atoms with Crippen molar-refractivity contribution in [2.75, 3.05) is 13.7 Å². The molecule has 0 atom stereocenters. The van der Waals surface area contributed by atoms with Gasteiger partial charge in [-0.3, -0.25) is 0 Å². The monoisotopic (exact) mass is 273 g/mol. The molecule has 0 aliphatic rings. The molecular formula is C16H19NO3. The zero-order valence-corrected chi connectivity index (χ0v) is 12.1. The van der Waals surface area contributed by atoms with Crippen molar-refractivity contribution in [2.45, 2.75) is 26.7 Å². The first-order valence-corrected chi connectivity index (χ1v) is 6.56. The van der Waals surface area contributed by atoms with Crippen molar-refractivity contribution in [1.29, 1.82) is 5.26 Å². The van der Waals surface area contributed by atoms with Gasteiger partial charge in [-0.1, -0.05) is 25.5 Å². The van der Waals surface area contributed by atoms with Gasteiger partial charge < -0.3 is 9.47 Å². The summed E-state index contributed by atoms with van der Waals surface area (Å²) in [5.41, 5.74) is 1.46. The van der Waals surface area contributed by atoms with Crippen LogP contribution in [-0.4, -0.2) is 19.7 Å². The maximum absolute atomic E-state index is 11.9. The van der Waals surface area contributed by atoms with Crippen LogP contribution in [0.25, 0.3) is 5.57 Å². The van der Waals surface area contributed by atoms with Crippen LogP contribution in [0.1, 0.15) is 32.3 Å². The van der Waals surface area contributed by atoms with E-state index in [9.17, 15) is 4.79 Å². The number of ether oxygens (including phenoxy) is 2. The van der Waals surface area contributed by atoms with Gasteiger partial charge in [-0.05, 0) is 36.6 Å². The van der Waals surface area contributed by atoms with Crippen LogP contribution in [0.2, 0.25) is 0 Å². The minimum atomic E-state index is -0.561. The third-order valence-corrected chi connectivity index (χ3v) is 2.95. The number of methoxy groups -OCH3 is 1. The summed E-state index contributed by atoms with van der Waals surface area (Å²) >= 11 is 0. The molecule has 4 heteroatoms. The molecule has 0 spiro atoms. The number of nitriles is 1. The summed E-state index contributed by atoms with van der Waals surface area (Å²) in [4.78, 5) is 11.9. The average molecular weight is 273 g/mol. The molecule has 0 aliphatic heterocycles. The molecule has 0 unspecified atom stereocenters. The Kier molecular flexibility index (Phi) is 6.31. The SMILES string of the molecule is CCCCOC(=O)C(C#N)=C(C)c1ccc(OC)cc1. The molecule has 0 saturated carbocycles. The molecule has 0 radical (unpaired) electrons. The van der Waals surface area contributed by atoms with Crippen LogP contribution in [-0.2, 0) is 9.53 Å². The van der Waals surface area contributed by atoms with Crippen molar-refractivity contribution in [2.24, 2.45) is 0 Å². The third-order valence-electron chi connectivity index (χ3n) is 2.95. The molecule has 1 aromatic carbocycles. The number of hydrogen-bond donors (Lipinski definition) is 0. The van der Waals surface area contributed by atoms with Crippen LogP contribution in [0.3, 0.4) is 0 Å². The largest absolute Gasteiger partial charge is 0.497 e. The lowest BCUT2D eigenvalue weighted by Crippen LogP contribution is -2.09. The molecule has 0 aliphatic carbocycles. The zero-order chi connectivity index (χ0) is 15.0. The van der Waals surface area contributed by atoms with E-state index >= 15 is 0 Å². The standard InChI is InChI=1S/C16H19NO3/c1-4-5-10-20-16(18)15(11-17)12(2)13-6-8-14(19-3)9-7-13/h6-9H,4-5,10H2,1-3H3. The van der Waals surface area contributed by atoms with Gasteiger partial charge in [0.15, 0.2) is 0 Å². The van der Waals surface area contributed by atoms with E-state index in [2.05, 4.69) is 0 Å². The highest BCUT2D eigenvalue weighted by Gasteiger charge is 2.15. The minimum Gasteiger partial charge on any atom is -0.497 e. The quantitative estimate of drug-likeness (QED) is 0.345. The summed E-state index contributed by atoms with van der Waals surface area (Å²) in [6.45, 7) is 4.09. The first-order chi connectivity index (χ1) is 9.63. The summed E-state index contributed by atoms with van der Waals surface area (Å²) in [7, 11) is 1.59. The molecule has 106 valence electrons. The highest BCUT2D eigenvalue weighted by atomic mass is 16.5. The van der Waals surface area contributed by atoms with Gasteiger partial charge in [0.05, 0.1) is 13.7 Å². The van der Waals surface area contributed by atoms with E-state index in [1.54, 1.807) is 26.2 Å². The Morgan fingerprint density at radius 2 is 1.95 bits per heavy atom. The van der Waals surface area contributed by atoms with Gasteiger partial charge in [-0.2, -0.15) is 5.26 Å². The molecule has 0 bridgehead atoms. The lowest BCUT2D eigenvalue weighted by Gasteiger charge is -2.07. The number of carbonyl (C=O) groups is 1. The third kappa shape index (κ3) is 4.13. The predicted octanol–water partition coefficient (Wildman–Crippen LogP) is 3.34. The number of allylic oxidation sites excluding steroid dienone is 1. The second-order valence-electron chi connectivity index (χ2n) is 4.33.